The van der Waals surface area contributed by atoms with Crippen molar-refractivity contribution in [3.8, 4) is 11.5 Å². The monoisotopic (exact) mass is 522 g/mol. The molecule has 0 radical (unpaired) electrons. The number of anilines is 1. The number of rotatable bonds is 7. The van der Waals surface area contributed by atoms with Crippen LogP contribution in [0.25, 0.3) is 5.76 Å². The number of methoxy groups -OCH3 is 2. The van der Waals surface area contributed by atoms with Crippen LogP contribution < -0.4 is 14.4 Å². The van der Waals surface area contributed by atoms with Crippen molar-refractivity contribution < 1.29 is 33.7 Å². The van der Waals surface area contributed by atoms with Gasteiger partial charge >= 0.3 is 11.9 Å². The van der Waals surface area contributed by atoms with Crippen molar-refractivity contribution in [2.75, 3.05) is 25.7 Å². The second kappa shape index (κ2) is 10.4. The van der Waals surface area contributed by atoms with E-state index >= 15 is 0 Å². The second-order valence-electron chi connectivity index (χ2n) is 8.25. The van der Waals surface area contributed by atoms with Crippen LogP contribution in [-0.2, 0) is 14.3 Å². The number of hydrogen-bond donors (Lipinski definition) is 1. The molecule has 1 atom stereocenters. The largest absolute Gasteiger partial charge is 0.507 e. The summed E-state index contributed by atoms with van der Waals surface area (Å²) in [7, 11) is 2.79. The van der Waals surface area contributed by atoms with Gasteiger partial charge in [0, 0.05) is 5.56 Å². The van der Waals surface area contributed by atoms with Crippen LogP contribution in [-0.4, -0.2) is 48.6 Å². The number of nitrogens with zero attached hydrogens (tertiary/aromatic N) is 2. The van der Waals surface area contributed by atoms with E-state index in [1.165, 1.54) is 19.1 Å². The normalized spacial score (nSPS) is 16.7. The van der Waals surface area contributed by atoms with E-state index < -0.39 is 23.7 Å². The van der Waals surface area contributed by atoms with Gasteiger partial charge in [-0.05, 0) is 62.2 Å². The molecule has 1 N–H and O–H groups in total. The highest BCUT2D eigenvalue weighted by molar-refractivity contribution is 7.17. The van der Waals surface area contributed by atoms with Gasteiger partial charge in [0.05, 0.1) is 38.1 Å². The van der Waals surface area contributed by atoms with E-state index in [0.717, 1.165) is 11.3 Å². The molecule has 1 amide bonds. The maximum absolute atomic E-state index is 13.4. The van der Waals surface area contributed by atoms with Gasteiger partial charge in [0.1, 0.15) is 22.1 Å². The average molecular weight is 523 g/mol. The number of Topliss-reactive ketones (excluding diaryl/α,β-unsaturated/α-hetero) is 1. The lowest BCUT2D eigenvalue weighted by Crippen LogP contribution is -2.29. The number of aliphatic hydroxyl groups excluding tert-OH is 1. The zero-order valence-electron chi connectivity index (χ0n) is 21.0. The minimum absolute atomic E-state index is 0.0881. The summed E-state index contributed by atoms with van der Waals surface area (Å²) < 4.78 is 15.6. The number of amides is 1. The first kappa shape index (κ1) is 25.9. The highest BCUT2D eigenvalue weighted by Crippen LogP contribution is 2.44. The molecule has 0 bridgehead atoms. The van der Waals surface area contributed by atoms with Gasteiger partial charge in [-0.1, -0.05) is 23.5 Å². The number of benzene rings is 2. The summed E-state index contributed by atoms with van der Waals surface area (Å²) in [6.07, 6.45) is 0. The van der Waals surface area contributed by atoms with Gasteiger partial charge in [-0.25, -0.2) is 9.78 Å². The van der Waals surface area contributed by atoms with Crippen molar-refractivity contribution in [2.45, 2.75) is 26.8 Å². The quantitative estimate of drug-likeness (QED) is 0.208. The molecule has 3 aromatic rings. The summed E-state index contributed by atoms with van der Waals surface area (Å²) in [5.74, 6) is -1.43. The molecule has 9 nitrogen and oxygen atoms in total. The van der Waals surface area contributed by atoms with Crippen LogP contribution >= 0.6 is 11.3 Å². The fraction of sp³-hybridized carbons (Fsp3) is 0.259. The Bertz CT molecular complexity index is 1410. The van der Waals surface area contributed by atoms with Crippen molar-refractivity contribution in [1.82, 2.24) is 4.98 Å². The molecule has 0 aliphatic carbocycles. The Morgan fingerprint density at radius 2 is 1.76 bits per heavy atom. The van der Waals surface area contributed by atoms with Gasteiger partial charge in [-0.15, -0.1) is 0 Å². The number of thiazole rings is 1. The molecule has 37 heavy (non-hydrogen) atoms. The number of aliphatic hydroxyl groups is 1. The summed E-state index contributed by atoms with van der Waals surface area (Å²) in [6.45, 7) is 5.73. The van der Waals surface area contributed by atoms with E-state index in [9.17, 15) is 19.5 Å². The van der Waals surface area contributed by atoms with Crippen LogP contribution in [0, 0.1) is 13.8 Å². The highest BCUT2D eigenvalue weighted by atomic mass is 32.1. The number of aryl methyl sites for hydroxylation is 2. The van der Waals surface area contributed by atoms with Crippen molar-refractivity contribution in [3.63, 3.8) is 0 Å². The van der Waals surface area contributed by atoms with E-state index in [1.807, 2.05) is 6.92 Å². The SMILES string of the molecule is CCOc1ccc([C@H]2C(=C(O)c3ccc(OC)cc3C)C(=O)C(=O)N2c2nc(C)c(C(=O)OC)s2)cc1. The van der Waals surface area contributed by atoms with Crippen molar-refractivity contribution in [2.24, 2.45) is 0 Å². The fourth-order valence-electron chi connectivity index (χ4n) is 4.20. The maximum atomic E-state index is 13.4. The molecule has 1 fully saturated rings. The zero-order valence-corrected chi connectivity index (χ0v) is 21.8. The zero-order chi connectivity index (χ0) is 26.9. The summed E-state index contributed by atoms with van der Waals surface area (Å²) in [5, 5.41) is 11.5. The lowest BCUT2D eigenvalue weighted by Gasteiger charge is -2.23. The predicted octanol–water partition coefficient (Wildman–Crippen LogP) is 4.58. The molecule has 1 aliphatic heterocycles. The van der Waals surface area contributed by atoms with E-state index in [2.05, 4.69) is 4.98 Å². The number of esters is 1. The molecule has 1 aromatic heterocycles. The number of hydrogen-bond acceptors (Lipinski definition) is 9. The molecule has 2 heterocycles. The molecule has 0 spiro atoms. The Hall–Kier alpha value is -4.18. The van der Waals surface area contributed by atoms with Gasteiger partial charge in [-0.3, -0.25) is 14.5 Å². The summed E-state index contributed by atoms with van der Waals surface area (Å²) in [4.78, 5) is 44.8. The first-order chi connectivity index (χ1) is 17.7. The molecule has 10 heteroatoms. The third-order valence-corrected chi connectivity index (χ3v) is 7.14. The molecular formula is C27H26N2O7S. The minimum Gasteiger partial charge on any atom is -0.507 e. The average Bonchev–Trinajstić information content (AvgIpc) is 3.40. The summed E-state index contributed by atoms with van der Waals surface area (Å²) in [6, 6.07) is 10.9. The maximum Gasteiger partial charge on any atom is 0.350 e. The predicted molar refractivity (Wildman–Crippen MR) is 138 cm³/mol. The highest BCUT2D eigenvalue weighted by Gasteiger charge is 2.48. The van der Waals surface area contributed by atoms with Gasteiger partial charge in [0.2, 0.25) is 0 Å². The van der Waals surface area contributed by atoms with Crippen LogP contribution in [0.5, 0.6) is 11.5 Å². The Kier molecular flexibility index (Phi) is 7.30. The molecule has 4 rings (SSSR count). The molecule has 192 valence electrons. The molecular weight excluding hydrogens is 496 g/mol. The van der Waals surface area contributed by atoms with E-state index in [-0.39, 0.29) is 21.3 Å². The standard InChI is InChI=1S/C27H26N2O7S/c1-6-36-17-9-7-16(8-10-17)21-20(22(30)19-12-11-18(34-4)13-14(19)2)23(31)25(32)29(21)27-28-15(3)24(37-27)26(33)35-5/h7-13,21,30H,6H2,1-5H3/t21-/m0/s1. The molecule has 1 aliphatic rings. The van der Waals surface area contributed by atoms with Crippen molar-refractivity contribution in [3.05, 3.63) is 75.3 Å². The number of ketones is 1. The number of aromatic nitrogens is 1. The first-order valence-electron chi connectivity index (χ1n) is 11.5. The van der Waals surface area contributed by atoms with Gasteiger partial charge in [0.25, 0.3) is 5.78 Å². The first-order valence-corrected chi connectivity index (χ1v) is 12.3. The van der Waals surface area contributed by atoms with Crippen LogP contribution in [0.3, 0.4) is 0 Å². The number of carbonyl (C=O) groups is 3. The fourth-order valence-corrected chi connectivity index (χ4v) is 5.21. The van der Waals surface area contributed by atoms with Crippen molar-refractivity contribution >= 4 is 39.9 Å². The smallest absolute Gasteiger partial charge is 0.350 e. The lowest BCUT2D eigenvalue weighted by molar-refractivity contribution is -0.132. The third kappa shape index (κ3) is 4.67. The van der Waals surface area contributed by atoms with E-state index in [4.69, 9.17) is 14.2 Å². The molecule has 2 aromatic carbocycles. The summed E-state index contributed by atoms with van der Waals surface area (Å²) in [5.41, 5.74) is 1.88. The third-order valence-electron chi connectivity index (χ3n) is 6.00. The van der Waals surface area contributed by atoms with Crippen molar-refractivity contribution in [1.29, 1.82) is 0 Å². The Balaban J connectivity index is 1.92. The molecule has 0 saturated carbocycles. The molecule has 0 unspecified atom stereocenters. The van der Waals surface area contributed by atoms with Crippen LogP contribution in [0.2, 0.25) is 0 Å². The second-order valence-corrected chi connectivity index (χ2v) is 9.23. The Labute approximate surface area is 217 Å². The van der Waals surface area contributed by atoms with Crippen LogP contribution in [0.1, 0.15) is 45.0 Å². The molecule has 1 saturated heterocycles. The lowest BCUT2D eigenvalue weighted by atomic mass is 9.94. The number of ether oxygens (including phenoxy) is 3. The van der Waals surface area contributed by atoms with Crippen LogP contribution in [0.4, 0.5) is 5.13 Å². The van der Waals surface area contributed by atoms with E-state index in [0.29, 0.717) is 40.5 Å². The van der Waals surface area contributed by atoms with Gasteiger partial charge < -0.3 is 19.3 Å². The van der Waals surface area contributed by atoms with Crippen LogP contribution in [0.15, 0.2) is 48.0 Å². The van der Waals surface area contributed by atoms with E-state index in [1.54, 1.807) is 56.3 Å². The minimum atomic E-state index is -0.992. The van der Waals surface area contributed by atoms with Gasteiger partial charge in [0.15, 0.2) is 5.13 Å². The topological polar surface area (TPSA) is 115 Å². The number of carbonyl (C=O) groups excluding carboxylic acids is 3. The Morgan fingerprint density at radius 3 is 2.35 bits per heavy atom. The Morgan fingerprint density at radius 1 is 1.08 bits per heavy atom. The van der Waals surface area contributed by atoms with Gasteiger partial charge in [-0.2, -0.15) is 0 Å². The summed E-state index contributed by atoms with van der Waals surface area (Å²) >= 11 is 0.944.